The monoisotopic (exact) mass is 343 g/mol. The van der Waals surface area contributed by atoms with Gasteiger partial charge >= 0.3 is 0 Å². The van der Waals surface area contributed by atoms with E-state index in [0.29, 0.717) is 12.8 Å². The molecule has 1 saturated carbocycles. The van der Waals surface area contributed by atoms with Gasteiger partial charge in [-0.15, -0.1) is 0 Å². The van der Waals surface area contributed by atoms with Crippen LogP contribution in [-0.4, -0.2) is 92.8 Å². The molecule has 2 heterocycles. The average Bonchev–Trinajstić information content (AvgIpc) is 3.23. The van der Waals surface area contributed by atoms with Crippen LogP contribution in [0.3, 0.4) is 0 Å². The minimum absolute atomic E-state index is 0.0546. The number of rotatable bonds is 3. The maximum absolute atomic E-state index is 12.5. The minimum Gasteiger partial charge on any atom is -0.341 e. The number of carbonyl (C=O) groups excluding carboxylic acids is 2. The van der Waals surface area contributed by atoms with E-state index in [-0.39, 0.29) is 41.2 Å². The van der Waals surface area contributed by atoms with Crippen molar-refractivity contribution < 1.29 is 18.0 Å². The second-order valence-corrected chi connectivity index (χ2v) is 9.31. The summed E-state index contributed by atoms with van der Waals surface area (Å²) in [6, 6.07) is -0.229. The molecule has 0 bridgehead atoms. The summed E-state index contributed by atoms with van der Waals surface area (Å²) in [7, 11) is 0.703. The highest BCUT2D eigenvalue weighted by Crippen LogP contribution is 2.42. The molecule has 3 rings (SSSR count). The third-order valence-corrected chi connectivity index (χ3v) is 7.09. The van der Waals surface area contributed by atoms with Gasteiger partial charge in [0, 0.05) is 39.3 Å². The van der Waals surface area contributed by atoms with Crippen LogP contribution in [0.2, 0.25) is 0 Å². The molecule has 8 heteroatoms. The molecule has 0 aromatic heterocycles. The first-order valence-corrected chi connectivity index (χ1v) is 10.0. The maximum atomic E-state index is 12.5. The van der Waals surface area contributed by atoms with Crippen LogP contribution in [0, 0.1) is 11.8 Å². The molecule has 3 unspecified atom stereocenters. The van der Waals surface area contributed by atoms with Crippen LogP contribution in [0.1, 0.15) is 12.8 Å². The first-order valence-electron chi connectivity index (χ1n) is 8.23. The first-order chi connectivity index (χ1) is 10.8. The van der Waals surface area contributed by atoms with Crippen molar-refractivity contribution in [2.24, 2.45) is 11.8 Å². The molecule has 2 aliphatic heterocycles. The number of amides is 2. The van der Waals surface area contributed by atoms with Gasteiger partial charge in [-0.05, 0) is 19.9 Å². The topological polar surface area (TPSA) is 78.0 Å². The maximum Gasteiger partial charge on any atom is 0.226 e. The number of nitrogens with zero attached hydrogens (tertiary/aromatic N) is 3. The van der Waals surface area contributed by atoms with Crippen LogP contribution >= 0.6 is 0 Å². The van der Waals surface area contributed by atoms with Gasteiger partial charge in [-0.1, -0.05) is 0 Å². The summed E-state index contributed by atoms with van der Waals surface area (Å²) >= 11 is 0. The smallest absolute Gasteiger partial charge is 0.226 e. The molecular formula is C15H25N3O4S. The largest absolute Gasteiger partial charge is 0.341 e. The van der Waals surface area contributed by atoms with E-state index in [9.17, 15) is 18.0 Å². The highest BCUT2D eigenvalue weighted by molar-refractivity contribution is 7.91. The quantitative estimate of drug-likeness (QED) is 0.660. The van der Waals surface area contributed by atoms with E-state index in [0.717, 1.165) is 26.2 Å². The molecule has 7 nitrogen and oxygen atoms in total. The van der Waals surface area contributed by atoms with E-state index in [4.69, 9.17) is 0 Å². The minimum atomic E-state index is -3.01. The lowest BCUT2D eigenvalue weighted by Gasteiger charge is -2.32. The molecule has 2 saturated heterocycles. The molecule has 23 heavy (non-hydrogen) atoms. The lowest BCUT2D eigenvalue weighted by molar-refractivity contribution is -0.139. The summed E-state index contributed by atoms with van der Waals surface area (Å²) in [6.07, 6.45) is 1.11. The van der Waals surface area contributed by atoms with Crippen molar-refractivity contribution in [3.63, 3.8) is 0 Å². The van der Waals surface area contributed by atoms with Gasteiger partial charge in [0.15, 0.2) is 9.84 Å². The van der Waals surface area contributed by atoms with Crippen LogP contribution in [-0.2, 0) is 19.4 Å². The van der Waals surface area contributed by atoms with Crippen molar-refractivity contribution in [3.8, 4) is 0 Å². The lowest BCUT2D eigenvalue weighted by atomic mass is 10.2. The predicted octanol–water partition coefficient (Wildman–Crippen LogP) is -0.958. The molecule has 3 atom stereocenters. The second kappa shape index (κ2) is 6.05. The van der Waals surface area contributed by atoms with Gasteiger partial charge in [-0.2, -0.15) is 0 Å². The van der Waals surface area contributed by atoms with Crippen LogP contribution in [0.4, 0.5) is 0 Å². The molecule has 0 aromatic rings. The van der Waals surface area contributed by atoms with Crippen molar-refractivity contribution in [2.45, 2.75) is 18.9 Å². The van der Waals surface area contributed by atoms with Gasteiger partial charge in [0.2, 0.25) is 11.8 Å². The van der Waals surface area contributed by atoms with Gasteiger partial charge in [-0.3, -0.25) is 9.59 Å². The molecule has 0 spiro atoms. The van der Waals surface area contributed by atoms with Crippen LogP contribution in [0.25, 0.3) is 0 Å². The van der Waals surface area contributed by atoms with Crippen molar-refractivity contribution in [1.29, 1.82) is 0 Å². The van der Waals surface area contributed by atoms with Crippen molar-refractivity contribution >= 4 is 21.7 Å². The summed E-state index contributed by atoms with van der Waals surface area (Å²) in [5.41, 5.74) is 0. The Kier molecular flexibility index (Phi) is 4.39. The van der Waals surface area contributed by atoms with E-state index in [2.05, 4.69) is 4.90 Å². The molecule has 2 amide bonds. The third-order valence-electron chi connectivity index (χ3n) is 5.34. The van der Waals surface area contributed by atoms with Gasteiger partial charge in [0.25, 0.3) is 0 Å². The second-order valence-electron chi connectivity index (χ2n) is 7.08. The first kappa shape index (κ1) is 16.7. The Bertz CT molecular complexity index is 598. The fraction of sp³-hybridized carbons (Fsp3) is 0.867. The molecule has 0 aromatic carbocycles. The zero-order chi connectivity index (χ0) is 16.8. The lowest BCUT2D eigenvalue weighted by Crippen LogP contribution is -2.48. The zero-order valence-corrected chi connectivity index (χ0v) is 14.6. The van der Waals surface area contributed by atoms with Crippen LogP contribution < -0.4 is 0 Å². The number of hydrogen-bond acceptors (Lipinski definition) is 5. The van der Waals surface area contributed by atoms with Gasteiger partial charge < -0.3 is 14.7 Å². The molecule has 0 N–H and O–H groups in total. The fourth-order valence-corrected chi connectivity index (χ4v) is 5.30. The van der Waals surface area contributed by atoms with Crippen molar-refractivity contribution in [1.82, 2.24) is 14.7 Å². The SMILES string of the molecule is CN1CCN(C(=O)C2CC2C(=O)N(C)C2CCS(=O)(=O)C2)CC1. The number of hydrogen-bond donors (Lipinski definition) is 0. The Morgan fingerprint density at radius 1 is 1.09 bits per heavy atom. The van der Waals surface area contributed by atoms with Crippen molar-refractivity contribution in [3.05, 3.63) is 0 Å². The predicted molar refractivity (Wildman–Crippen MR) is 85.5 cm³/mol. The Morgan fingerprint density at radius 2 is 1.74 bits per heavy atom. The van der Waals surface area contributed by atoms with E-state index in [1.165, 1.54) is 0 Å². The van der Waals surface area contributed by atoms with Crippen LogP contribution in [0.15, 0.2) is 0 Å². The average molecular weight is 343 g/mol. The molecule has 130 valence electrons. The third kappa shape index (κ3) is 3.52. The van der Waals surface area contributed by atoms with E-state index in [1.807, 2.05) is 11.9 Å². The van der Waals surface area contributed by atoms with E-state index in [1.54, 1.807) is 11.9 Å². The number of likely N-dealkylation sites (N-methyl/N-ethyl adjacent to an activating group) is 1. The highest BCUT2D eigenvalue weighted by Gasteiger charge is 2.51. The molecular weight excluding hydrogens is 318 g/mol. The van der Waals surface area contributed by atoms with E-state index < -0.39 is 9.84 Å². The summed E-state index contributed by atoms with van der Waals surface area (Å²) < 4.78 is 23.1. The summed E-state index contributed by atoms with van der Waals surface area (Å²) in [6.45, 7) is 3.20. The Labute approximate surface area is 137 Å². The van der Waals surface area contributed by atoms with Crippen molar-refractivity contribution in [2.75, 3.05) is 51.8 Å². The summed E-state index contributed by atoms with van der Waals surface area (Å²) in [5.74, 6) is -0.229. The highest BCUT2D eigenvalue weighted by atomic mass is 32.2. The fourth-order valence-electron chi connectivity index (χ4n) is 3.52. The molecule has 3 aliphatic rings. The number of sulfone groups is 1. The zero-order valence-electron chi connectivity index (χ0n) is 13.8. The Morgan fingerprint density at radius 3 is 2.30 bits per heavy atom. The van der Waals surface area contributed by atoms with Crippen LogP contribution in [0.5, 0.6) is 0 Å². The summed E-state index contributed by atoms with van der Waals surface area (Å²) in [4.78, 5) is 30.6. The summed E-state index contributed by atoms with van der Waals surface area (Å²) in [5, 5.41) is 0. The van der Waals surface area contributed by atoms with Gasteiger partial charge in [-0.25, -0.2) is 8.42 Å². The number of piperazine rings is 1. The standard InChI is InChI=1S/C15H25N3O4S/c1-16-4-6-18(7-5-16)15(20)13-9-12(13)14(19)17(2)11-3-8-23(21,22)10-11/h11-13H,3-10H2,1-2H3. The van der Waals surface area contributed by atoms with E-state index >= 15 is 0 Å². The molecule has 1 aliphatic carbocycles. The number of carbonyl (C=O) groups is 2. The van der Waals surface area contributed by atoms with Gasteiger partial charge in [0.1, 0.15) is 0 Å². The Hall–Kier alpha value is -1.15. The van der Waals surface area contributed by atoms with Gasteiger partial charge in [0.05, 0.1) is 23.3 Å². The normalized spacial score (nSPS) is 33.5. The Balaban J connectivity index is 1.53. The molecule has 3 fully saturated rings. The molecule has 0 radical (unpaired) electrons.